The molecule has 0 aliphatic carbocycles. The summed E-state index contributed by atoms with van der Waals surface area (Å²) in [7, 11) is 0. The minimum absolute atomic E-state index is 0.0581. The molecule has 98 valence electrons. The van der Waals surface area contributed by atoms with Crippen molar-refractivity contribution >= 4 is 0 Å². The minimum atomic E-state index is -4.65. The average Bonchev–Trinajstić information content (AvgIpc) is 2.14. The largest absolute Gasteiger partial charge is 0.573 e. The first kappa shape index (κ1) is 11.8. The molecule has 0 radical (unpaired) electrons. The zero-order valence-electron chi connectivity index (χ0n) is 9.55. The van der Waals surface area contributed by atoms with Crippen molar-refractivity contribution in [2.45, 2.75) is 12.4 Å². The Morgan fingerprint density at radius 3 is 2.39 bits per heavy atom. The van der Waals surface area contributed by atoms with E-state index < -0.39 is 6.36 Å². The van der Waals surface area contributed by atoms with Gasteiger partial charge in [-0.25, -0.2) is 0 Å². The second-order valence-electron chi connectivity index (χ2n) is 4.87. The monoisotopic (exact) mass is 258 g/mol. The molecule has 2 aliphatic heterocycles. The maximum absolute atomic E-state index is 12.3. The van der Waals surface area contributed by atoms with Crippen molar-refractivity contribution in [2.24, 2.45) is 5.41 Å². The molecule has 1 spiro atoms. The van der Waals surface area contributed by atoms with Crippen LogP contribution in [0, 0.1) is 5.41 Å². The number of benzene rings is 1. The molecule has 3 nitrogen and oxygen atoms in total. The maximum atomic E-state index is 12.3. The van der Waals surface area contributed by atoms with Crippen molar-refractivity contribution in [3.05, 3.63) is 29.8 Å². The van der Waals surface area contributed by atoms with E-state index in [1.54, 1.807) is 18.2 Å². The predicted octanol–water partition coefficient (Wildman–Crippen LogP) is 1.82. The number of hydrogen-bond donors (Lipinski definition) is 2. The van der Waals surface area contributed by atoms with Gasteiger partial charge in [0.2, 0.25) is 0 Å². The first-order valence-corrected chi connectivity index (χ1v) is 5.79. The second-order valence-corrected chi connectivity index (χ2v) is 4.87. The zero-order chi connectivity index (χ0) is 12.8. The van der Waals surface area contributed by atoms with Crippen molar-refractivity contribution in [1.29, 1.82) is 0 Å². The van der Waals surface area contributed by atoms with Crippen LogP contribution in [0.4, 0.5) is 13.2 Å². The van der Waals surface area contributed by atoms with Gasteiger partial charge in [0.05, 0.1) is 0 Å². The van der Waals surface area contributed by atoms with E-state index in [2.05, 4.69) is 15.4 Å². The van der Waals surface area contributed by atoms with Crippen molar-refractivity contribution in [2.75, 3.05) is 19.6 Å². The fourth-order valence-electron chi connectivity index (χ4n) is 2.64. The summed E-state index contributed by atoms with van der Waals surface area (Å²) in [6.45, 7) is 2.51. The number of nitrogens with one attached hydrogen (secondary N) is 2. The Morgan fingerprint density at radius 2 is 1.89 bits per heavy atom. The third-order valence-corrected chi connectivity index (χ3v) is 3.68. The van der Waals surface area contributed by atoms with Gasteiger partial charge in [0.15, 0.2) is 0 Å². The molecule has 2 aliphatic rings. The Hall–Kier alpha value is -1.27. The van der Waals surface area contributed by atoms with Crippen LogP contribution in [0.2, 0.25) is 0 Å². The van der Waals surface area contributed by atoms with Gasteiger partial charge in [-0.1, -0.05) is 18.2 Å². The molecule has 1 aromatic carbocycles. The molecule has 6 heteroatoms. The average molecular weight is 258 g/mol. The molecule has 18 heavy (non-hydrogen) atoms. The highest BCUT2D eigenvalue weighted by molar-refractivity contribution is 5.40. The maximum Gasteiger partial charge on any atom is 0.573 e. The third-order valence-electron chi connectivity index (χ3n) is 3.68. The quantitative estimate of drug-likeness (QED) is 0.849. The molecule has 2 heterocycles. The standard InChI is InChI=1S/C12H13F3N2O/c13-12(14,15)18-9-4-2-1-3-8(9)10-11(7-17-10)5-16-6-11/h1-4,10,16-17H,5-7H2. The van der Waals surface area contributed by atoms with Gasteiger partial charge < -0.3 is 15.4 Å². The molecular weight excluding hydrogens is 245 g/mol. The highest BCUT2D eigenvalue weighted by Crippen LogP contribution is 2.47. The van der Waals surface area contributed by atoms with Crippen molar-refractivity contribution in [1.82, 2.24) is 10.6 Å². The lowest BCUT2D eigenvalue weighted by molar-refractivity contribution is -0.275. The summed E-state index contributed by atoms with van der Waals surface area (Å²) < 4.78 is 41.1. The number of hydrogen-bond acceptors (Lipinski definition) is 3. The molecule has 0 amide bonds. The van der Waals surface area contributed by atoms with Crippen molar-refractivity contribution in [3.63, 3.8) is 0 Å². The molecule has 3 rings (SSSR count). The summed E-state index contributed by atoms with van der Waals surface area (Å²) in [6.07, 6.45) is -4.65. The molecule has 1 unspecified atom stereocenters. The van der Waals surface area contributed by atoms with Gasteiger partial charge in [-0.15, -0.1) is 13.2 Å². The van der Waals surface area contributed by atoms with Gasteiger partial charge in [0, 0.05) is 36.7 Å². The Morgan fingerprint density at radius 1 is 1.17 bits per heavy atom. The van der Waals surface area contributed by atoms with Crippen LogP contribution in [0.5, 0.6) is 5.75 Å². The lowest BCUT2D eigenvalue weighted by Crippen LogP contribution is -2.71. The zero-order valence-corrected chi connectivity index (χ0v) is 9.55. The van der Waals surface area contributed by atoms with Crippen LogP contribution in [-0.2, 0) is 0 Å². The van der Waals surface area contributed by atoms with Crippen LogP contribution in [0.3, 0.4) is 0 Å². The molecule has 2 N–H and O–H groups in total. The molecule has 1 aromatic rings. The van der Waals surface area contributed by atoms with Crippen LogP contribution >= 0.6 is 0 Å². The lowest BCUT2D eigenvalue weighted by Gasteiger charge is -2.57. The van der Waals surface area contributed by atoms with Crippen LogP contribution in [0.1, 0.15) is 11.6 Å². The summed E-state index contributed by atoms with van der Waals surface area (Å²) in [5.74, 6) is -0.103. The topological polar surface area (TPSA) is 33.3 Å². The molecule has 0 bridgehead atoms. The van der Waals surface area contributed by atoms with Gasteiger partial charge in [-0.2, -0.15) is 0 Å². The van der Waals surface area contributed by atoms with Gasteiger partial charge in [-0.3, -0.25) is 0 Å². The highest BCUT2D eigenvalue weighted by atomic mass is 19.4. The summed E-state index contributed by atoms with van der Waals surface area (Å²) in [5.41, 5.74) is 0.646. The molecule has 1 atom stereocenters. The Balaban J connectivity index is 1.88. The van der Waals surface area contributed by atoms with Crippen LogP contribution < -0.4 is 15.4 Å². The summed E-state index contributed by atoms with van der Waals surface area (Å²) in [5, 5.41) is 6.36. The summed E-state index contributed by atoms with van der Waals surface area (Å²) >= 11 is 0. The molecule has 0 saturated carbocycles. The predicted molar refractivity (Wildman–Crippen MR) is 59.2 cm³/mol. The van der Waals surface area contributed by atoms with Crippen LogP contribution in [-0.4, -0.2) is 26.0 Å². The second kappa shape index (κ2) is 3.86. The first-order chi connectivity index (χ1) is 8.50. The summed E-state index contributed by atoms with van der Waals surface area (Å²) in [4.78, 5) is 0. The van der Waals surface area contributed by atoms with E-state index in [-0.39, 0.29) is 17.2 Å². The van der Waals surface area contributed by atoms with E-state index in [1.165, 1.54) is 6.07 Å². The Bertz CT molecular complexity index is 451. The fourth-order valence-corrected chi connectivity index (χ4v) is 2.64. The Labute approximate surface area is 102 Å². The first-order valence-electron chi connectivity index (χ1n) is 5.79. The molecule has 0 aromatic heterocycles. The molecule has 2 fully saturated rings. The number of para-hydroxylation sites is 1. The number of alkyl halides is 3. The van der Waals surface area contributed by atoms with Crippen LogP contribution in [0.25, 0.3) is 0 Å². The van der Waals surface area contributed by atoms with Crippen LogP contribution in [0.15, 0.2) is 24.3 Å². The summed E-state index contributed by atoms with van der Waals surface area (Å²) in [6, 6.07) is 6.28. The number of halogens is 3. The fraction of sp³-hybridized carbons (Fsp3) is 0.500. The number of rotatable bonds is 2. The van der Waals surface area contributed by atoms with Gasteiger partial charge in [0.1, 0.15) is 5.75 Å². The number of ether oxygens (including phenoxy) is 1. The minimum Gasteiger partial charge on any atom is -0.405 e. The third kappa shape index (κ3) is 1.85. The van der Waals surface area contributed by atoms with E-state index in [1.807, 2.05) is 0 Å². The normalized spacial score (nSPS) is 25.4. The van der Waals surface area contributed by atoms with E-state index in [0.717, 1.165) is 19.6 Å². The Kier molecular flexibility index (Phi) is 2.53. The van der Waals surface area contributed by atoms with E-state index in [0.29, 0.717) is 5.56 Å². The van der Waals surface area contributed by atoms with Gasteiger partial charge in [-0.05, 0) is 6.07 Å². The highest BCUT2D eigenvalue weighted by Gasteiger charge is 2.52. The van der Waals surface area contributed by atoms with Crippen molar-refractivity contribution in [3.8, 4) is 5.75 Å². The van der Waals surface area contributed by atoms with Gasteiger partial charge in [0.25, 0.3) is 0 Å². The van der Waals surface area contributed by atoms with E-state index in [9.17, 15) is 13.2 Å². The van der Waals surface area contributed by atoms with Gasteiger partial charge >= 0.3 is 6.36 Å². The SMILES string of the molecule is FC(F)(F)Oc1ccccc1C1NCC12CNC2. The lowest BCUT2D eigenvalue weighted by atomic mass is 9.66. The van der Waals surface area contributed by atoms with Crippen molar-refractivity contribution < 1.29 is 17.9 Å². The smallest absolute Gasteiger partial charge is 0.405 e. The van der Waals surface area contributed by atoms with E-state index >= 15 is 0 Å². The molecular formula is C12H13F3N2O. The molecule has 2 saturated heterocycles. The van der Waals surface area contributed by atoms with E-state index in [4.69, 9.17) is 0 Å².